The summed E-state index contributed by atoms with van der Waals surface area (Å²) in [5.74, 6) is 0.929. The molecule has 0 amide bonds. The Morgan fingerprint density at radius 2 is 2.05 bits per heavy atom. The van der Waals surface area contributed by atoms with Crippen molar-refractivity contribution in [1.82, 2.24) is 4.90 Å². The van der Waals surface area contributed by atoms with Crippen molar-refractivity contribution < 1.29 is 9.84 Å². The van der Waals surface area contributed by atoms with E-state index in [4.69, 9.17) is 4.74 Å². The van der Waals surface area contributed by atoms with E-state index in [2.05, 4.69) is 30.3 Å². The SMILES string of the molecule is COc1ccc(CN(C)CC2(O)CCCC2)cc1SC. The van der Waals surface area contributed by atoms with Crippen molar-refractivity contribution in [2.45, 2.75) is 42.7 Å². The van der Waals surface area contributed by atoms with Gasteiger partial charge in [-0.1, -0.05) is 18.9 Å². The van der Waals surface area contributed by atoms with Crippen LogP contribution in [-0.4, -0.2) is 42.6 Å². The Bertz CT molecular complexity index is 444. The molecule has 20 heavy (non-hydrogen) atoms. The molecule has 1 aliphatic carbocycles. The lowest BCUT2D eigenvalue weighted by atomic mass is 10.0. The number of hydrogen-bond donors (Lipinski definition) is 1. The van der Waals surface area contributed by atoms with Gasteiger partial charge in [0, 0.05) is 18.0 Å². The van der Waals surface area contributed by atoms with E-state index in [1.54, 1.807) is 18.9 Å². The average molecular weight is 295 g/mol. The highest BCUT2D eigenvalue weighted by Crippen LogP contribution is 2.31. The molecule has 1 aliphatic rings. The van der Waals surface area contributed by atoms with Crippen LogP contribution in [0.3, 0.4) is 0 Å². The van der Waals surface area contributed by atoms with Gasteiger partial charge in [-0.05, 0) is 43.8 Å². The van der Waals surface area contributed by atoms with Crippen LogP contribution >= 0.6 is 11.8 Å². The summed E-state index contributed by atoms with van der Waals surface area (Å²) < 4.78 is 5.35. The van der Waals surface area contributed by atoms with Gasteiger partial charge < -0.3 is 9.84 Å². The van der Waals surface area contributed by atoms with Crippen molar-refractivity contribution in [2.75, 3.05) is 27.0 Å². The fourth-order valence-electron chi connectivity index (χ4n) is 3.04. The van der Waals surface area contributed by atoms with Gasteiger partial charge in [0.15, 0.2) is 0 Å². The van der Waals surface area contributed by atoms with Crippen LogP contribution in [0.15, 0.2) is 23.1 Å². The normalized spacial score (nSPS) is 17.6. The van der Waals surface area contributed by atoms with E-state index < -0.39 is 5.60 Å². The van der Waals surface area contributed by atoms with Crippen LogP contribution in [0.25, 0.3) is 0 Å². The first kappa shape index (κ1) is 15.7. The summed E-state index contributed by atoms with van der Waals surface area (Å²) in [7, 11) is 3.79. The van der Waals surface area contributed by atoms with Gasteiger partial charge >= 0.3 is 0 Å². The fraction of sp³-hybridized carbons (Fsp3) is 0.625. The fourth-order valence-corrected chi connectivity index (χ4v) is 3.66. The third kappa shape index (κ3) is 3.90. The van der Waals surface area contributed by atoms with Gasteiger partial charge in [0.05, 0.1) is 12.7 Å². The molecule has 1 aromatic rings. The van der Waals surface area contributed by atoms with Gasteiger partial charge in [-0.2, -0.15) is 0 Å². The molecule has 0 bridgehead atoms. The molecule has 0 aromatic heterocycles. The number of hydrogen-bond acceptors (Lipinski definition) is 4. The minimum absolute atomic E-state index is 0.469. The number of likely N-dealkylation sites (N-methyl/N-ethyl adjacent to an activating group) is 1. The molecule has 4 heteroatoms. The summed E-state index contributed by atoms with van der Waals surface area (Å²) in [6, 6.07) is 6.31. The van der Waals surface area contributed by atoms with E-state index in [1.807, 2.05) is 6.07 Å². The van der Waals surface area contributed by atoms with Crippen LogP contribution in [0.5, 0.6) is 5.75 Å². The molecular formula is C16H25NO2S. The zero-order valence-corrected chi connectivity index (χ0v) is 13.5. The number of methoxy groups -OCH3 is 1. The molecular weight excluding hydrogens is 270 g/mol. The van der Waals surface area contributed by atoms with Crippen molar-refractivity contribution in [3.8, 4) is 5.75 Å². The second kappa shape index (κ2) is 6.83. The Balaban J connectivity index is 1.98. The summed E-state index contributed by atoms with van der Waals surface area (Å²) >= 11 is 1.70. The van der Waals surface area contributed by atoms with Gasteiger partial charge in [0.2, 0.25) is 0 Å². The predicted molar refractivity (Wildman–Crippen MR) is 84.5 cm³/mol. The molecule has 2 rings (SSSR count). The van der Waals surface area contributed by atoms with Crippen molar-refractivity contribution in [3.05, 3.63) is 23.8 Å². The summed E-state index contributed by atoms with van der Waals surface area (Å²) in [6.07, 6.45) is 6.26. The summed E-state index contributed by atoms with van der Waals surface area (Å²) in [5, 5.41) is 10.5. The van der Waals surface area contributed by atoms with E-state index in [0.717, 1.165) is 49.4 Å². The molecule has 1 fully saturated rings. The molecule has 0 spiro atoms. The maximum Gasteiger partial charge on any atom is 0.132 e. The predicted octanol–water partition coefficient (Wildman–Crippen LogP) is 3.15. The first-order chi connectivity index (χ1) is 9.56. The quantitative estimate of drug-likeness (QED) is 0.817. The highest BCUT2D eigenvalue weighted by atomic mass is 32.2. The first-order valence-electron chi connectivity index (χ1n) is 7.18. The van der Waals surface area contributed by atoms with Gasteiger partial charge in [0.25, 0.3) is 0 Å². The Hall–Kier alpha value is -0.710. The Morgan fingerprint density at radius 3 is 2.65 bits per heavy atom. The van der Waals surface area contributed by atoms with Crippen LogP contribution < -0.4 is 4.74 Å². The third-order valence-electron chi connectivity index (χ3n) is 4.00. The van der Waals surface area contributed by atoms with Crippen LogP contribution in [0, 0.1) is 0 Å². The van der Waals surface area contributed by atoms with Gasteiger partial charge in [-0.25, -0.2) is 0 Å². The third-order valence-corrected chi connectivity index (χ3v) is 4.76. The zero-order chi connectivity index (χ0) is 14.6. The topological polar surface area (TPSA) is 32.7 Å². The lowest BCUT2D eigenvalue weighted by Gasteiger charge is -2.28. The number of thioether (sulfide) groups is 1. The highest BCUT2D eigenvalue weighted by molar-refractivity contribution is 7.98. The second-order valence-electron chi connectivity index (χ2n) is 5.79. The minimum Gasteiger partial charge on any atom is -0.496 e. The number of aliphatic hydroxyl groups is 1. The van der Waals surface area contributed by atoms with Gasteiger partial charge in [-0.15, -0.1) is 11.8 Å². The number of ether oxygens (including phenoxy) is 1. The maximum atomic E-state index is 10.5. The van der Waals surface area contributed by atoms with E-state index in [-0.39, 0.29) is 0 Å². The maximum absolute atomic E-state index is 10.5. The Kier molecular flexibility index (Phi) is 5.35. The lowest BCUT2D eigenvalue weighted by molar-refractivity contribution is 0.0145. The van der Waals surface area contributed by atoms with Crippen molar-refractivity contribution in [3.63, 3.8) is 0 Å². The highest BCUT2D eigenvalue weighted by Gasteiger charge is 2.32. The molecule has 3 nitrogen and oxygen atoms in total. The number of rotatable bonds is 6. The summed E-state index contributed by atoms with van der Waals surface area (Å²) in [5.41, 5.74) is 0.794. The van der Waals surface area contributed by atoms with E-state index in [9.17, 15) is 5.11 Å². The molecule has 1 saturated carbocycles. The van der Waals surface area contributed by atoms with Crippen LogP contribution in [-0.2, 0) is 6.54 Å². The molecule has 1 aromatic carbocycles. The largest absolute Gasteiger partial charge is 0.496 e. The molecule has 0 aliphatic heterocycles. The monoisotopic (exact) mass is 295 g/mol. The Labute approximate surface area is 126 Å². The standard InChI is InChI=1S/C16H25NO2S/c1-17(12-16(18)8-4-5-9-16)11-13-6-7-14(19-2)15(10-13)20-3/h6-7,10,18H,4-5,8-9,11-12H2,1-3H3. The van der Waals surface area contributed by atoms with Crippen LogP contribution in [0.2, 0.25) is 0 Å². The van der Waals surface area contributed by atoms with E-state index in [0.29, 0.717) is 0 Å². The van der Waals surface area contributed by atoms with Gasteiger partial charge in [-0.3, -0.25) is 4.90 Å². The number of nitrogens with zero attached hydrogens (tertiary/aromatic N) is 1. The second-order valence-corrected chi connectivity index (χ2v) is 6.64. The number of benzene rings is 1. The van der Waals surface area contributed by atoms with E-state index >= 15 is 0 Å². The van der Waals surface area contributed by atoms with Crippen molar-refractivity contribution in [1.29, 1.82) is 0 Å². The molecule has 0 unspecified atom stereocenters. The van der Waals surface area contributed by atoms with Crippen LogP contribution in [0.1, 0.15) is 31.2 Å². The smallest absolute Gasteiger partial charge is 0.132 e. The molecule has 1 N–H and O–H groups in total. The Morgan fingerprint density at radius 1 is 1.35 bits per heavy atom. The van der Waals surface area contributed by atoms with Crippen molar-refractivity contribution in [2.24, 2.45) is 0 Å². The van der Waals surface area contributed by atoms with E-state index in [1.165, 1.54) is 5.56 Å². The first-order valence-corrected chi connectivity index (χ1v) is 8.41. The molecule has 0 saturated heterocycles. The summed E-state index contributed by atoms with van der Waals surface area (Å²) in [6.45, 7) is 1.62. The molecule has 0 radical (unpaired) electrons. The average Bonchev–Trinajstić information content (AvgIpc) is 2.84. The molecule has 0 heterocycles. The molecule has 112 valence electrons. The minimum atomic E-state index is -0.469. The summed E-state index contributed by atoms with van der Waals surface area (Å²) in [4.78, 5) is 3.38. The van der Waals surface area contributed by atoms with Crippen LogP contribution in [0.4, 0.5) is 0 Å². The lowest BCUT2D eigenvalue weighted by Crippen LogP contribution is -2.38. The van der Waals surface area contributed by atoms with Gasteiger partial charge in [0.1, 0.15) is 5.75 Å². The zero-order valence-electron chi connectivity index (χ0n) is 12.7. The molecule has 0 atom stereocenters. The van der Waals surface area contributed by atoms with Crippen molar-refractivity contribution >= 4 is 11.8 Å².